The maximum absolute atomic E-state index is 8.69. The minimum Gasteiger partial charge on any atom is -0.398 e. The van der Waals surface area contributed by atoms with Crippen LogP contribution in [0.5, 0.6) is 0 Å². The van der Waals surface area contributed by atoms with Gasteiger partial charge in [-0.15, -0.1) is 0 Å². The second-order valence-electron chi connectivity index (χ2n) is 5.14. The van der Waals surface area contributed by atoms with Gasteiger partial charge >= 0.3 is 0 Å². The maximum atomic E-state index is 8.69. The Morgan fingerprint density at radius 1 is 1.56 bits per heavy atom. The lowest BCUT2D eigenvalue weighted by Gasteiger charge is -2.10. The number of benzene rings is 1. The van der Waals surface area contributed by atoms with Crippen LogP contribution in [-0.2, 0) is 6.42 Å². The number of nitriles is 1. The SMILES string of the molecule is CC1(C)CC1Nc1ccc(N)c(CC#N)c1. The van der Waals surface area contributed by atoms with E-state index in [1.165, 1.54) is 6.42 Å². The third-order valence-electron chi connectivity index (χ3n) is 3.27. The van der Waals surface area contributed by atoms with E-state index in [1.54, 1.807) is 0 Å². The molecule has 0 radical (unpaired) electrons. The van der Waals surface area contributed by atoms with Gasteiger partial charge in [-0.1, -0.05) is 13.8 Å². The average molecular weight is 215 g/mol. The first-order valence-corrected chi connectivity index (χ1v) is 5.55. The largest absolute Gasteiger partial charge is 0.398 e. The summed E-state index contributed by atoms with van der Waals surface area (Å²) in [5.41, 5.74) is 8.87. The van der Waals surface area contributed by atoms with E-state index in [0.717, 1.165) is 11.3 Å². The highest BCUT2D eigenvalue weighted by molar-refractivity contribution is 5.59. The van der Waals surface area contributed by atoms with Crippen molar-refractivity contribution in [2.24, 2.45) is 5.41 Å². The minimum atomic E-state index is 0.370. The number of hydrogen-bond acceptors (Lipinski definition) is 3. The van der Waals surface area contributed by atoms with Crippen molar-refractivity contribution >= 4 is 11.4 Å². The zero-order chi connectivity index (χ0) is 11.8. The van der Waals surface area contributed by atoms with Crippen LogP contribution in [0.1, 0.15) is 25.8 Å². The zero-order valence-corrected chi connectivity index (χ0v) is 9.75. The van der Waals surface area contributed by atoms with Crippen LogP contribution in [0.4, 0.5) is 11.4 Å². The fraction of sp³-hybridized carbons (Fsp3) is 0.462. The van der Waals surface area contributed by atoms with Crippen molar-refractivity contribution in [1.82, 2.24) is 0 Å². The molecular weight excluding hydrogens is 198 g/mol. The molecule has 1 aromatic rings. The molecule has 1 fully saturated rings. The van der Waals surface area contributed by atoms with Gasteiger partial charge in [-0.2, -0.15) is 5.26 Å². The normalized spacial score (nSPS) is 21.2. The molecule has 3 heteroatoms. The fourth-order valence-electron chi connectivity index (χ4n) is 1.85. The number of nitrogens with zero attached hydrogens (tertiary/aromatic N) is 1. The molecule has 0 bridgehead atoms. The molecule has 84 valence electrons. The van der Waals surface area contributed by atoms with Crippen molar-refractivity contribution in [2.45, 2.75) is 32.7 Å². The second-order valence-corrected chi connectivity index (χ2v) is 5.14. The van der Waals surface area contributed by atoms with Crippen LogP contribution in [0.2, 0.25) is 0 Å². The highest BCUT2D eigenvalue weighted by Gasteiger charge is 2.45. The maximum Gasteiger partial charge on any atom is 0.0670 e. The zero-order valence-electron chi connectivity index (χ0n) is 9.75. The van der Waals surface area contributed by atoms with Crippen LogP contribution >= 0.6 is 0 Å². The molecule has 0 amide bonds. The van der Waals surface area contributed by atoms with Gasteiger partial charge in [0.05, 0.1) is 12.5 Å². The van der Waals surface area contributed by atoms with E-state index >= 15 is 0 Å². The Labute approximate surface area is 96.3 Å². The number of rotatable bonds is 3. The predicted octanol–water partition coefficient (Wildman–Crippen LogP) is 2.55. The smallest absolute Gasteiger partial charge is 0.0670 e. The molecule has 3 nitrogen and oxygen atoms in total. The van der Waals surface area contributed by atoms with Gasteiger partial charge in [-0.3, -0.25) is 0 Å². The summed E-state index contributed by atoms with van der Waals surface area (Å²) in [6.45, 7) is 4.50. The van der Waals surface area contributed by atoms with Crippen molar-refractivity contribution in [2.75, 3.05) is 11.1 Å². The number of nitrogen functional groups attached to an aromatic ring is 1. The van der Waals surface area contributed by atoms with Crippen molar-refractivity contribution in [3.63, 3.8) is 0 Å². The van der Waals surface area contributed by atoms with Gasteiger partial charge < -0.3 is 11.1 Å². The quantitative estimate of drug-likeness (QED) is 0.762. The summed E-state index contributed by atoms with van der Waals surface area (Å²) in [6, 6.07) is 8.50. The molecule has 3 N–H and O–H groups in total. The van der Waals surface area contributed by atoms with Crippen LogP contribution in [0.15, 0.2) is 18.2 Å². The molecule has 0 aromatic heterocycles. The van der Waals surface area contributed by atoms with E-state index in [2.05, 4.69) is 25.2 Å². The second kappa shape index (κ2) is 3.71. The third kappa shape index (κ3) is 2.11. The molecule has 0 saturated heterocycles. The van der Waals surface area contributed by atoms with Crippen LogP contribution in [0.25, 0.3) is 0 Å². The molecule has 1 atom stereocenters. The van der Waals surface area contributed by atoms with Crippen molar-refractivity contribution in [1.29, 1.82) is 5.26 Å². The third-order valence-corrected chi connectivity index (χ3v) is 3.27. The lowest BCUT2D eigenvalue weighted by atomic mass is 10.1. The molecule has 0 aliphatic heterocycles. The molecular formula is C13H17N3. The summed E-state index contributed by atoms with van der Waals surface area (Å²) in [6.07, 6.45) is 1.57. The monoisotopic (exact) mass is 215 g/mol. The summed E-state index contributed by atoms with van der Waals surface area (Å²) < 4.78 is 0. The van der Waals surface area contributed by atoms with Gasteiger partial charge in [0.2, 0.25) is 0 Å². The van der Waals surface area contributed by atoms with E-state index in [9.17, 15) is 0 Å². The lowest BCUT2D eigenvalue weighted by Crippen LogP contribution is -2.08. The lowest BCUT2D eigenvalue weighted by molar-refractivity contribution is 0.630. The standard InChI is InChI=1S/C13H17N3/c1-13(2)8-12(13)16-10-3-4-11(15)9(7-10)5-6-14/h3-4,7,12,16H,5,8,15H2,1-2H3. The summed E-state index contributed by atoms with van der Waals surface area (Å²) in [4.78, 5) is 0. The minimum absolute atomic E-state index is 0.370. The van der Waals surface area contributed by atoms with E-state index in [-0.39, 0.29) is 0 Å². The van der Waals surface area contributed by atoms with Gasteiger partial charge in [-0.05, 0) is 35.6 Å². The first-order valence-electron chi connectivity index (χ1n) is 5.55. The van der Waals surface area contributed by atoms with Gasteiger partial charge in [0.15, 0.2) is 0 Å². The Kier molecular flexibility index (Phi) is 2.51. The Balaban J connectivity index is 2.11. The van der Waals surface area contributed by atoms with E-state index < -0.39 is 0 Å². The molecule has 2 rings (SSSR count). The van der Waals surface area contributed by atoms with Gasteiger partial charge in [0.25, 0.3) is 0 Å². The predicted molar refractivity (Wildman–Crippen MR) is 66.0 cm³/mol. The fourth-order valence-corrected chi connectivity index (χ4v) is 1.85. The molecule has 1 saturated carbocycles. The Hall–Kier alpha value is -1.69. The molecule has 1 aliphatic rings. The number of nitrogens with two attached hydrogens (primary N) is 1. The summed E-state index contributed by atoms with van der Waals surface area (Å²) in [7, 11) is 0. The molecule has 1 aliphatic carbocycles. The molecule has 1 unspecified atom stereocenters. The first kappa shape index (κ1) is 10.8. The topological polar surface area (TPSA) is 61.8 Å². The Morgan fingerprint density at radius 2 is 2.25 bits per heavy atom. The highest BCUT2D eigenvalue weighted by atomic mass is 15.0. The summed E-state index contributed by atoms with van der Waals surface area (Å²) >= 11 is 0. The van der Waals surface area contributed by atoms with E-state index in [0.29, 0.717) is 23.6 Å². The van der Waals surface area contributed by atoms with E-state index in [4.69, 9.17) is 11.0 Å². The summed E-state index contributed by atoms with van der Waals surface area (Å²) in [5, 5.41) is 12.2. The van der Waals surface area contributed by atoms with Crippen LogP contribution in [0.3, 0.4) is 0 Å². The van der Waals surface area contributed by atoms with Gasteiger partial charge in [0.1, 0.15) is 0 Å². The highest BCUT2D eigenvalue weighted by Crippen LogP contribution is 2.46. The van der Waals surface area contributed by atoms with Crippen LogP contribution in [0, 0.1) is 16.7 Å². The first-order chi connectivity index (χ1) is 7.53. The van der Waals surface area contributed by atoms with Crippen LogP contribution in [-0.4, -0.2) is 6.04 Å². The van der Waals surface area contributed by atoms with Crippen molar-refractivity contribution < 1.29 is 0 Å². The molecule has 0 spiro atoms. The average Bonchev–Trinajstić information content (AvgIpc) is 2.80. The Morgan fingerprint density at radius 3 is 2.81 bits per heavy atom. The molecule has 0 heterocycles. The number of anilines is 2. The van der Waals surface area contributed by atoms with Gasteiger partial charge in [0, 0.05) is 17.4 Å². The number of hydrogen-bond donors (Lipinski definition) is 2. The molecule has 16 heavy (non-hydrogen) atoms. The molecule has 1 aromatic carbocycles. The Bertz CT molecular complexity index is 443. The van der Waals surface area contributed by atoms with Crippen molar-refractivity contribution in [3.05, 3.63) is 23.8 Å². The van der Waals surface area contributed by atoms with Crippen molar-refractivity contribution in [3.8, 4) is 6.07 Å². The summed E-state index contributed by atoms with van der Waals surface area (Å²) in [5.74, 6) is 0. The van der Waals surface area contributed by atoms with E-state index in [1.807, 2.05) is 18.2 Å². The van der Waals surface area contributed by atoms with Gasteiger partial charge in [-0.25, -0.2) is 0 Å². The van der Waals surface area contributed by atoms with Crippen LogP contribution < -0.4 is 11.1 Å². The number of nitrogens with one attached hydrogen (secondary N) is 1.